The lowest BCUT2D eigenvalue weighted by Gasteiger charge is -2.12. The summed E-state index contributed by atoms with van der Waals surface area (Å²) in [6.45, 7) is 4.14. The molecule has 0 bridgehead atoms. The summed E-state index contributed by atoms with van der Waals surface area (Å²) >= 11 is 0. The summed E-state index contributed by atoms with van der Waals surface area (Å²) < 4.78 is 52.7. The quantitative estimate of drug-likeness (QED) is 0.457. The molecule has 0 fully saturated rings. The van der Waals surface area contributed by atoms with Gasteiger partial charge in [-0.25, -0.2) is 18.8 Å². The average molecular weight is 321 g/mol. The zero-order chi connectivity index (χ0) is 16.2. The molecule has 0 aliphatic heterocycles. The van der Waals surface area contributed by atoms with Gasteiger partial charge in [0.15, 0.2) is 0 Å². The Morgan fingerprint density at radius 2 is 2.14 bits per heavy atom. The van der Waals surface area contributed by atoms with Crippen molar-refractivity contribution in [2.75, 3.05) is 19.8 Å². The largest absolute Gasteiger partial charge is 0.366 e. The van der Waals surface area contributed by atoms with E-state index in [4.69, 9.17) is 0 Å². The minimum absolute atomic E-state index is 0.228. The predicted octanol–water partition coefficient (Wildman–Crippen LogP) is 2.28. The average Bonchev–Trinajstić information content (AvgIpc) is 2.34. The topological polar surface area (TPSA) is 71.9 Å². The van der Waals surface area contributed by atoms with Gasteiger partial charge in [-0.1, -0.05) is 0 Å². The molecular formula is C12H17F2N3O3S. The van der Waals surface area contributed by atoms with E-state index in [1.165, 1.54) is 13.3 Å². The van der Waals surface area contributed by atoms with Gasteiger partial charge in [0.25, 0.3) is 6.43 Å². The first-order valence-corrected chi connectivity index (χ1v) is 7.89. The molecule has 0 N–H and O–H groups in total. The highest BCUT2D eigenvalue weighted by Crippen LogP contribution is 2.33. The predicted molar refractivity (Wildman–Crippen MR) is 75.9 cm³/mol. The van der Waals surface area contributed by atoms with Crippen molar-refractivity contribution in [1.29, 1.82) is 0 Å². The van der Waals surface area contributed by atoms with Crippen LogP contribution in [0.5, 0.6) is 5.88 Å². The lowest BCUT2D eigenvalue weighted by molar-refractivity contribution is 0.148. The molecule has 1 aromatic rings. The Hall–Kier alpha value is -1.77. The number of hydrogen-bond donors (Lipinski definition) is 0. The van der Waals surface area contributed by atoms with E-state index >= 15 is 0 Å². The Labute approximate surface area is 122 Å². The van der Waals surface area contributed by atoms with Crippen LogP contribution in [0, 0.1) is 6.92 Å². The molecule has 0 aromatic carbocycles. The Morgan fingerprint density at radius 3 is 2.62 bits per heavy atom. The van der Waals surface area contributed by atoms with Crippen LogP contribution in [0.15, 0.2) is 11.1 Å². The lowest BCUT2D eigenvalue weighted by atomic mass is 10.2. The molecule has 0 spiro atoms. The standard InChI is InChI=1S/C12H17F2N3O3S/c1-5-17(3)7-15-10-6-9(11(13)14)12(16-8(10)2)20-21(4,18)19/h6-7,11H,5H2,1-4H3/b15-7+. The van der Waals surface area contributed by atoms with Crippen LogP contribution >= 0.6 is 0 Å². The molecule has 1 heterocycles. The van der Waals surface area contributed by atoms with Gasteiger partial charge in [-0.2, -0.15) is 8.42 Å². The lowest BCUT2D eigenvalue weighted by Crippen LogP contribution is -2.14. The van der Waals surface area contributed by atoms with E-state index in [1.54, 1.807) is 11.9 Å². The van der Waals surface area contributed by atoms with Crippen molar-refractivity contribution in [3.05, 3.63) is 17.3 Å². The number of alkyl halides is 2. The Morgan fingerprint density at radius 1 is 1.52 bits per heavy atom. The van der Waals surface area contributed by atoms with E-state index in [9.17, 15) is 17.2 Å². The summed E-state index contributed by atoms with van der Waals surface area (Å²) in [5.41, 5.74) is -0.0948. The fourth-order valence-corrected chi connectivity index (χ4v) is 1.75. The van der Waals surface area contributed by atoms with Crippen molar-refractivity contribution >= 4 is 22.1 Å². The number of rotatable bonds is 6. The highest BCUT2D eigenvalue weighted by atomic mass is 32.2. The molecule has 0 amide bonds. The van der Waals surface area contributed by atoms with Gasteiger partial charge < -0.3 is 9.08 Å². The molecule has 0 radical (unpaired) electrons. The fraction of sp³-hybridized carbons (Fsp3) is 0.500. The Bertz CT molecular complexity index is 633. The van der Waals surface area contributed by atoms with E-state index in [0.717, 1.165) is 12.3 Å². The third-order valence-electron chi connectivity index (χ3n) is 2.54. The van der Waals surface area contributed by atoms with E-state index in [1.807, 2.05) is 6.92 Å². The molecule has 0 unspecified atom stereocenters. The highest BCUT2D eigenvalue weighted by Gasteiger charge is 2.21. The zero-order valence-corrected chi connectivity index (χ0v) is 13.0. The molecule has 1 rings (SSSR count). The van der Waals surface area contributed by atoms with Crippen molar-refractivity contribution < 1.29 is 21.4 Å². The van der Waals surface area contributed by atoms with Gasteiger partial charge in [-0.3, -0.25) is 0 Å². The highest BCUT2D eigenvalue weighted by molar-refractivity contribution is 7.86. The Balaban J connectivity index is 3.27. The number of aliphatic imine (C=N–C) groups is 1. The van der Waals surface area contributed by atoms with Crippen LogP contribution < -0.4 is 4.18 Å². The third kappa shape index (κ3) is 5.25. The second-order valence-electron chi connectivity index (χ2n) is 4.39. The molecular weight excluding hydrogens is 304 g/mol. The van der Waals surface area contributed by atoms with Crippen LogP contribution in [0.3, 0.4) is 0 Å². The third-order valence-corrected chi connectivity index (χ3v) is 3.00. The zero-order valence-electron chi connectivity index (χ0n) is 12.2. The molecule has 0 aliphatic carbocycles. The number of aryl methyl sites for hydroxylation is 1. The van der Waals surface area contributed by atoms with Crippen molar-refractivity contribution in [3.8, 4) is 5.88 Å². The van der Waals surface area contributed by atoms with Crippen LogP contribution in [-0.2, 0) is 10.1 Å². The number of pyridine rings is 1. The summed E-state index contributed by atoms with van der Waals surface area (Å²) in [6, 6.07) is 1.08. The Kier molecular flexibility index (Phi) is 5.59. The van der Waals surface area contributed by atoms with Crippen molar-refractivity contribution in [3.63, 3.8) is 0 Å². The smallest absolute Gasteiger partial charge is 0.307 e. The number of hydrogen-bond acceptors (Lipinski definition) is 5. The second-order valence-corrected chi connectivity index (χ2v) is 5.97. The SMILES string of the molecule is CCN(C)/C=N/c1cc(C(F)F)c(OS(C)(=O)=O)nc1C. The summed E-state index contributed by atoms with van der Waals surface area (Å²) in [5, 5.41) is 0. The van der Waals surface area contributed by atoms with Crippen molar-refractivity contribution in [1.82, 2.24) is 9.88 Å². The molecule has 118 valence electrons. The van der Waals surface area contributed by atoms with Gasteiger partial charge >= 0.3 is 10.1 Å². The van der Waals surface area contributed by atoms with Gasteiger partial charge in [0.2, 0.25) is 5.88 Å². The molecule has 0 saturated heterocycles. The molecule has 0 saturated carbocycles. The van der Waals surface area contributed by atoms with E-state index in [0.29, 0.717) is 12.2 Å². The van der Waals surface area contributed by atoms with E-state index in [-0.39, 0.29) is 5.69 Å². The maximum Gasteiger partial charge on any atom is 0.307 e. The first-order valence-electron chi connectivity index (χ1n) is 6.07. The minimum atomic E-state index is -3.93. The van der Waals surface area contributed by atoms with Crippen LogP contribution in [0.1, 0.15) is 24.6 Å². The summed E-state index contributed by atoms with van der Waals surface area (Å²) in [7, 11) is -2.16. The molecule has 9 heteroatoms. The second kappa shape index (κ2) is 6.79. The van der Waals surface area contributed by atoms with Gasteiger partial charge in [-0.05, 0) is 19.9 Å². The number of halogens is 2. The number of nitrogens with zero attached hydrogens (tertiary/aromatic N) is 3. The maximum atomic E-state index is 13.0. The summed E-state index contributed by atoms with van der Waals surface area (Å²) in [5.74, 6) is -0.618. The van der Waals surface area contributed by atoms with E-state index in [2.05, 4.69) is 14.2 Å². The monoisotopic (exact) mass is 321 g/mol. The van der Waals surface area contributed by atoms with Crippen molar-refractivity contribution in [2.24, 2.45) is 4.99 Å². The molecule has 0 aliphatic rings. The normalized spacial score (nSPS) is 12.1. The van der Waals surface area contributed by atoms with Gasteiger partial charge in [-0.15, -0.1) is 0 Å². The van der Waals surface area contributed by atoms with Crippen LogP contribution in [-0.4, -0.2) is 44.5 Å². The van der Waals surface area contributed by atoms with Crippen LogP contribution in [0.4, 0.5) is 14.5 Å². The van der Waals surface area contributed by atoms with Gasteiger partial charge in [0.05, 0.1) is 29.5 Å². The maximum absolute atomic E-state index is 13.0. The summed E-state index contributed by atoms with van der Waals surface area (Å²) in [6.07, 6.45) is -0.676. The molecule has 1 aromatic heterocycles. The molecule has 0 atom stereocenters. The van der Waals surface area contributed by atoms with Crippen LogP contribution in [0.25, 0.3) is 0 Å². The van der Waals surface area contributed by atoms with E-state index < -0.39 is 28.0 Å². The summed E-state index contributed by atoms with van der Waals surface area (Å²) in [4.78, 5) is 9.58. The fourth-order valence-electron chi connectivity index (χ4n) is 1.33. The minimum Gasteiger partial charge on any atom is -0.366 e. The number of aromatic nitrogens is 1. The van der Waals surface area contributed by atoms with Crippen molar-refractivity contribution in [2.45, 2.75) is 20.3 Å². The molecule has 6 nitrogen and oxygen atoms in total. The van der Waals surface area contributed by atoms with Gasteiger partial charge in [0, 0.05) is 13.6 Å². The molecule has 21 heavy (non-hydrogen) atoms. The van der Waals surface area contributed by atoms with Gasteiger partial charge in [0.1, 0.15) is 0 Å². The first-order chi connectivity index (χ1) is 9.64. The van der Waals surface area contributed by atoms with Crippen LogP contribution in [0.2, 0.25) is 0 Å². The first kappa shape index (κ1) is 17.3.